The average molecular weight is 456 g/mol. The summed E-state index contributed by atoms with van der Waals surface area (Å²) in [5.74, 6) is 0. The number of aromatic nitrogens is 4. The van der Waals surface area contributed by atoms with E-state index in [-0.39, 0.29) is 16.1 Å². The molecule has 0 unspecified atom stereocenters. The van der Waals surface area contributed by atoms with E-state index in [1.165, 1.54) is 27.6 Å². The number of halogens is 4. The number of nitriles is 1. The predicted octanol–water partition coefficient (Wildman–Crippen LogP) is 4.84. The number of alkyl halides is 3. The van der Waals surface area contributed by atoms with Crippen LogP contribution in [0.2, 0.25) is 5.02 Å². The highest BCUT2D eigenvalue weighted by molar-refractivity contribution is 6.32. The first kappa shape index (κ1) is 21.3. The SMILES string of the molecule is Cn1cc(-c2cnn(-c3cccc(Cl)c3C#N)c2)c(-c2ccc(C(F)(F)F)nc2)cc1=O. The van der Waals surface area contributed by atoms with Gasteiger partial charge >= 0.3 is 6.18 Å². The van der Waals surface area contributed by atoms with Crippen LogP contribution in [0, 0.1) is 11.3 Å². The van der Waals surface area contributed by atoms with Gasteiger partial charge in [-0.15, -0.1) is 0 Å². The van der Waals surface area contributed by atoms with E-state index in [1.807, 2.05) is 6.07 Å². The fourth-order valence-corrected chi connectivity index (χ4v) is 3.44. The lowest BCUT2D eigenvalue weighted by molar-refractivity contribution is -0.141. The van der Waals surface area contributed by atoms with E-state index in [4.69, 9.17) is 11.6 Å². The van der Waals surface area contributed by atoms with Crippen molar-refractivity contribution < 1.29 is 13.2 Å². The summed E-state index contributed by atoms with van der Waals surface area (Å²) in [6.45, 7) is 0. The number of benzene rings is 1. The van der Waals surface area contributed by atoms with E-state index in [0.29, 0.717) is 27.9 Å². The number of hydrogen-bond donors (Lipinski definition) is 0. The first-order valence-electron chi connectivity index (χ1n) is 9.17. The van der Waals surface area contributed by atoms with E-state index < -0.39 is 11.9 Å². The Morgan fingerprint density at radius 1 is 1.06 bits per heavy atom. The number of rotatable bonds is 3. The number of aryl methyl sites for hydroxylation is 1. The Balaban J connectivity index is 1.84. The highest BCUT2D eigenvalue weighted by Gasteiger charge is 2.32. The minimum absolute atomic E-state index is 0.247. The summed E-state index contributed by atoms with van der Waals surface area (Å²) in [6.07, 6.45) is 1.26. The van der Waals surface area contributed by atoms with Gasteiger partial charge in [-0.3, -0.25) is 9.78 Å². The molecule has 0 atom stereocenters. The second-order valence-corrected chi connectivity index (χ2v) is 7.31. The lowest BCUT2D eigenvalue weighted by Crippen LogP contribution is -2.15. The van der Waals surface area contributed by atoms with Gasteiger partial charge in [0.15, 0.2) is 0 Å². The number of hydrogen-bond acceptors (Lipinski definition) is 4. The maximum atomic E-state index is 12.9. The van der Waals surface area contributed by atoms with Crippen LogP contribution < -0.4 is 5.56 Å². The molecule has 3 aromatic heterocycles. The molecule has 0 aliphatic carbocycles. The third-order valence-corrected chi connectivity index (χ3v) is 5.15. The lowest BCUT2D eigenvalue weighted by atomic mass is 9.99. The Hall–Kier alpha value is -3.90. The van der Waals surface area contributed by atoms with Gasteiger partial charge in [0.1, 0.15) is 11.8 Å². The molecular weight excluding hydrogens is 443 g/mol. The quantitative estimate of drug-likeness (QED) is 0.443. The Morgan fingerprint density at radius 3 is 2.50 bits per heavy atom. The van der Waals surface area contributed by atoms with Gasteiger partial charge in [-0.05, 0) is 23.8 Å². The van der Waals surface area contributed by atoms with Crippen molar-refractivity contribution in [1.29, 1.82) is 5.26 Å². The molecule has 0 aliphatic heterocycles. The van der Waals surface area contributed by atoms with Crippen LogP contribution in [0.4, 0.5) is 13.2 Å². The van der Waals surface area contributed by atoms with Gasteiger partial charge in [0.25, 0.3) is 5.56 Å². The maximum Gasteiger partial charge on any atom is 0.433 e. The van der Waals surface area contributed by atoms with Crippen LogP contribution in [0.15, 0.2) is 66.0 Å². The van der Waals surface area contributed by atoms with E-state index in [0.717, 1.165) is 12.3 Å². The van der Waals surface area contributed by atoms with Gasteiger partial charge < -0.3 is 4.57 Å². The van der Waals surface area contributed by atoms with Crippen molar-refractivity contribution in [3.8, 4) is 34.0 Å². The Bertz CT molecular complexity index is 1420. The molecule has 3 heterocycles. The standard InChI is InChI=1S/C22H13ClF3N5O/c1-30-12-17(14-10-29-31(11-14)19-4-2-3-18(23)16(19)8-27)15(7-21(30)32)13-5-6-20(28-9-13)22(24,25)26/h2-7,9-12H,1H3. The third kappa shape index (κ3) is 3.88. The van der Waals surface area contributed by atoms with Gasteiger partial charge in [0.05, 0.1) is 22.5 Å². The second-order valence-electron chi connectivity index (χ2n) is 6.90. The topological polar surface area (TPSA) is 76.5 Å². The van der Waals surface area contributed by atoms with Gasteiger partial charge in [0.2, 0.25) is 0 Å². The summed E-state index contributed by atoms with van der Waals surface area (Å²) in [5.41, 5.74) is 1.24. The van der Waals surface area contributed by atoms with E-state index in [9.17, 15) is 23.2 Å². The zero-order valence-corrected chi connectivity index (χ0v) is 17.2. The molecule has 0 spiro atoms. The lowest BCUT2D eigenvalue weighted by Gasteiger charge is -2.11. The van der Waals surface area contributed by atoms with Crippen LogP contribution in [0.1, 0.15) is 11.3 Å². The number of pyridine rings is 2. The monoisotopic (exact) mass is 455 g/mol. The van der Waals surface area contributed by atoms with Crippen molar-refractivity contribution in [1.82, 2.24) is 19.3 Å². The van der Waals surface area contributed by atoms with Crippen LogP contribution in [0.25, 0.3) is 27.9 Å². The molecule has 0 amide bonds. The van der Waals surface area contributed by atoms with Crippen LogP contribution in [-0.4, -0.2) is 19.3 Å². The van der Waals surface area contributed by atoms with Crippen molar-refractivity contribution in [2.45, 2.75) is 6.18 Å². The molecule has 160 valence electrons. The van der Waals surface area contributed by atoms with Gasteiger partial charge in [-0.1, -0.05) is 23.7 Å². The molecule has 0 bridgehead atoms. The van der Waals surface area contributed by atoms with E-state index >= 15 is 0 Å². The fraction of sp³-hybridized carbons (Fsp3) is 0.0909. The average Bonchev–Trinajstić information content (AvgIpc) is 3.24. The van der Waals surface area contributed by atoms with Crippen molar-refractivity contribution in [3.63, 3.8) is 0 Å². The molecule has 6 nitrogen and oxygen atoms in total. The molecular formula is C22H13ClF3N5O. The molecule has 4 rings (SSSR count). The summed E-state index contributed by atoms with van der Waals surface area (Å²) in [6, 6.07) is 10.5. The molecule has 0 radical (unpaired) electrons. The Kier molecular flexibility index (Phi) is 5.32. The first-order chi connectivity index (χ1) is 15.2. The summed E-state index contributed by atoms with van der Waals surface area (Å²) >= 11 is 6.10. The smallest absolute Gasteiger partial charge is 0.318 e. The maximum absolute atomic E-state index is 12.9. The van der Waals surface area contributed by atoms with E-state index in [2.05, 4.69) is 10.1 Å². The zero-order chi connectivity index (χ0) is 23.0. The van der Waals surface area contributed by atoms with Crippen LogP contribution in [0.3, 0.4) is 0 Å². The highest BCUT2D eigenvalue weighted by atomic mass is 35.5. The molecule has 0 N–H and O–H groups in total. The third-order valence-electron chi connectivity index (χ3n) is 4.84. The van der Waals surface area contributed by atoms with Gasteiger partial charge in [0, 0.05) is 48.4 Å². The van der Waals surface area contributed by atoms with Crippen molar-refractivity contribution in [2.75, 3.05) is 0 Å². The summed E-state index contributed by atoms with van der Waals surface area (Å²) in [5, 5.41) is 14.0. The predicted molar refractivity (Wildman–Crippen MR) is 112 cm³/mol. The normalized spacial score (nSPS) is 11.4. The second kappa shape index (κ2) is 7.98. The molecule has 0 saturated heterocycles. The van der Waals surface area contributed by atoms with Crippen molar-refractivity contribution >= 4 is 11.6 Å². The van der Waals surface area contributed by atoms with Gasteiger partial charge in [-0.25, -0.2) is 4.68 Å². The van der Waals surface area contributed by atoms with Crippen LogP contribution in [0.5, 0.6) is 0 Å². The Labute approximate surface area is 184 Å². The van der Waals surface area contributed by atoms with Crippen molar-refractivity contribution in [2.24, 2.45) is 7.05 Å². The summed E-state index contributed by atoms with van der Waals surface area (Å²) in [4.78, 5) is 15.8. The van der Waals surface area contributed by atoms with Crippen molar-refractivity contribution in [3.05, 3.63) is 87.8 Å². The first-order valence-corrected chi connectivity index (χ1v) is 9.55. The molecule has 10 heteroatoms. The molecule has 0 saturated carbocycles. The molecule has 32 heavy (non-hydrogen) atoms. The number of nitrogens with zero attached hydrogens (tertiary/aromatic N) is 5. The molecule has 1 aromatic carbocycles. The minimum atomic E-state index is -4.56. The summed E-state index contributed by atoms with van der Waals surface area (Å²) in [7, 11) is 1.57. The van der Waals surface area contributed by atoms with E-state index in [1.54, 1.807) is 37.6 Å². The van der Waals surface area contributed by atoms with Crippen LogP contribution >= 0.6 is 11.6 Å². The molecule has 0 aliphatic rings. The largest absolute Gasteiger partial charge is 0.433 e. The zero-order valence-electron chi connectivity index (χ0n) is 16.4. The summed E-state index contributed by atoms with van der Waals surface area (Å²) < 4.78 is 41.5. The fourth-order valence-electron chi connectivity index (χ4n) is 3.23. The molecule has 4 aromatic rings. The van der Waals surface area contributed by atoms with Crippen LogP contribution in [-0.2, 0) is 13.2 Å². The highest BCUT2D eigenvalue weighted by Crippen LogP contribution is 2.33. The molecule has 0 fully saturated rings. The van der Waals surface area contributed by atoms with Gasteiger partial charge in [-0.2, -0.15) is 23.5 Å². The minimum Gasteiger partial charge on any atom is -0.318 e. The Morgan fingerprint density at radius 2 is 1.84 bits per heavy atom.